The van der Waals surface area contributed by atoms with Gasteiger partial charge < -0.3 is 14.5 Å². The molecule has 2 heterocycles. The van der Waals surface area contributed by atoms with Crippen LogP contribution in [0.5, 0.6) is 0 Å². The van der Waals surface area contributed by atoms with E-state index in [2.05, 4.69) is 10.1 Å². The van der Waals surface area contributed by atoms with Crippen molar-refractivity contribution < 1.29 is 14.4 Å². The molecule has 1 aliphatic rings. The topological polar surface area (TPSA) is 79.5 Å². The summed E-state index contributed by atoms with van der Waals surface area (Å²) in [7, 11) is 0. The van der Waals surface area contributed by atoms with E-state index < -0.39 is 6.10 Å². The van der Waals surface area contributed by atoms with Crippen LogP contribution in [0, 0.1) is 12.8 Å². The lowest BCUT2D eigenvalue weighted by molar-refractivity contribution is -0.142. The van der Waals surface area contributed by atoms with Gasteiger partial charge in [0.1, 0.15) is 6.10 Å². The number of aliphatic hydroxyl groups is 1. The first-order chi connectivity index (χ1) is 11.6. The predicted octanol–water partition coefficient (Wildman–Crippen LogP) is 1.76. The van der Waals surface area contributed by atoms with Crippen molar-refractivity contribution in [1.29, 1.82) is 0 Å². The number of benzene rings is 1. The number of amides is 1. The maximum absolute atomic E-state index is 12.5. The third-order valence-corrected chi connectivity index (χ3v) is 4.43. The Labute approximate surface area is 141 Å². The summed E-state index contributed by atoms with van der Waals surface area (Å²) >= 11 is 0. The fourth-order valence-electron chi connectivity index (χ4n) is 3.25. The quantitative estimate of drug-likeness (QED) is 0.904. The van der Waals surface area contributed by atoms with Crippen LogP contribution in [-0.2, 0) is 17.6 Å². The molecule has 1 amide bonds. The number of aromatic nitrogens is 2. The minimum absolute atomic E-state index is 0.187. The average molecular weight is 329 g/mol. The first kappa shape index (κ1) is 16.6. The van der Waals surface area contributed by atoms with E-state index in [0.29, 0.717) is 43.6 Å². The molecule has 0 bridgehead atoms. The largest absolute Gasteiger partial charge is 0.383 e. The number of piperidine rings is 1. The average Bonchev–Trinajstić information content (AvgIpc) is 3.00. The van der Waals surface area contributed by atoms with Gasteiger partial charge in [-0.25, -0.2) is 0 Å². The highest BCUT2D eigenvalue weighted by Gasteiger charge is 2.28. The first-order valence-corrected chi connectivity index (χ1v) is 8.42. The van der Waals surface area contributed by atoms with Crippen LogP contribution in [0.2, 0.25) is 0 Å². The molecule has 3 rings (SSSR count). The lowest BCUT2D eigenvalue weighted by atomic mass is 9.94. The molecule has 1 N–H and O–H groups in total. The Hall–Kier alpha value is -2.21. The van der Waals surface area contributed by atoms with Gasteiger partial charge in [0.25, 0.3) is 5.91 Å². The van der Waals surface area contributed by atoms with E-state index >= 15 is 0 Å². The normalized spacial score (nSPS) is 19.2. The summed E-state index contributed by atoms with van der Waals surface area (Å²) in [5.74, 6) is 1.38. The highest BCUT2D eigenvalue weighted by molar-refractivity contribution is 5.81. The van der Waals surface area contributed by atoms with Gasteiger partial charge in [-0.1, -0.05) is 35.5 Å². The van der Waals surface area contributed by atoms with Gasteiger partial charge >= 0.3 is 0 Å². The third-order valence-electron chi connectivity index (χ3n) is 4.43. The van der Waals surface area contributed by atoms with Crippen molar-refractivity contribution in [2.75, 3.05) is 13.1 Å². The Balaban J connectivity index is 1.56. The van der Waals surface area contributed by atoms with Crippen molar-refractivity contribution in [2.24, 2.45) is 5.92 Å². The highest BCUT2D eigenvalue weighted by Crippen LogP contribution is 2.21. The van der Waals surface area contributed by atoms with Gasteiger partial charge in [0.2, 0.25) is 5.89 Å². The molecule has 1 aromatic carbocycles. The van der Waals surface area contributed by atoms with Crippen molar-refractivity contribution >= 4 is 5.91 Å². The second-order valence-corrected chi connectivity index (χ2v) is 6.43. The Morgan fingerprint density at radius 1 is 1.42 bits per heavy atom. The number of likely N-dealkylation sites (tertiary alicyclic amines) is 1. The molecule has 0 spiro atoms. The summed E-state index contributed by atoms with van der Waals surface area (Å²) in [6.45, 7) is 3.11. The zero-order valence-electron chi connectivity index (χ0n) is 13.9. The van der Waals surface area contributed by atoms with E-state index in [0.717, 1.165) is 18.4 Å². The number of hydrogen-bond donors (Lipinski definition) is 1. The van der Waals surface area contributed by atoms with Crippen LogP contribution in [0.3, 0.4) is 0 Å². The Morgan fingerprint density at radius 2 is 2.21 bits per heavy atom. The van der Waals surface area contributed by atoms with E-state index in [9.17, 15) is 9.90 Å². The molecule has 1 saturated heterocycles. The summed E-state index contributed by atoms with van der Waals surface area (Å²) in [4.78, 5) is 18.5. The van der Waals surface area contributed by atoms with Gasteiger partial charge in [-0.3, -0.25) is 4.79 Å². The number of aliphatic hydroxyl groups excluding tert-OH is 1. The van der Waals surface area contributed by atoms with E-state index in [4.69, 9.17) is 4.52 Å². The molecule has 1 aliphatic heterocycles. The third kappa shape index (κ3) is 4.20. The fraction of sp³-hybridized carbons (Fsp3) is 0.500. The molecule has 6 heteroatoms. The second kappa shape index (κ2) is 7.57. The Bertz CT molecular complexity index is 671. The maximum Gasteiger partial charge on any atom is 0.251 e. The van der Waals surface area contributed by atoms with Crippen LogP contribution >= 0.6 is 0 Å². The lowest BCUT2D eigenvalue weighted by Crippen LogP contribution is -2.46. The number of hydrogen-bond acceptors (Lipinski definition) is 5. The molecule has 24 heavy (non-hydrogen) atoms. The summed E-state index contributed by atoms with van der Waals surface area (Å²) in [5, 5.41) is 14.2. The molecule has 0 saturated carbocycles. The highest BCUT2D eigenvalue weighted by atomic mass is 16.5. The van der Waals surface area contributed by atoms with Crippen molar-refractivity contribution in [3.63, 3.8) is 0 Å². The van der Waals surface area contributed by atoms with E-state index in [-0.39, 0.29) is 5.91 Å². The van der Waals surface area contributed by atoms with E-state index in [1.54, 1.807) is 11.8 Å². The standard InChI is InChI=1S/C18H23N3O3/c1-13-19-17(20-24-13)11-15-8-5-9-21(12-15)18(23)16(22)10-14-6-3-2-4-7-14/h2-4,6-7,15-16,22H,5,8-12H2,1H3/t15-,16+/m1/s1. The van der Waals surface area contributed by atoms with Crippen LogP contribution in [-0.4, -0.2) is 45.2 Å². The molecule has 0 aliphatic carbocycles. The zero-order valence-corrected chi connectivity index (χ0v) is 13.9. The van der Waals surface area contributed by atoms with Crippen LogP contribution in [0.1, 0.15) is 30.1 Å². The SMILES string of the molecule is Cc1nc(C[C@H]2CCCN(C(=O)[C@@H](O)Cc3ccccc3)C2)no1. The Morgan fingerprint density at radius 3 is 2.92 bits per heavy atom. The molecule has 2 atom stereocenters. The number of carbonyl (C=O) groups is 1. The van der Waals surface area contributed by atoms with Gasteiger partial charge in [-0.05, 0) is 24.3 Å². The summed E-state index contributed by atoms with van der Waals surface area (Å²) < 4.78 is 5.00. The number of nitrogens with zero attached hydrogens (tertiary/aromatic N) is 3. The molecular formula is C18H23N3O3. The van der Waals surface area contributed by atoms with Gasteiger partial charge in [-0.15, -0.1) is 0 Å². The molecule has 0 unspecified atom stereocenters. The molecule has 0 radical (unpaired) electrons. The predicted molar refractivity (Wildman–Crippen MR) is 88.2 cm³/mol. The first-order valence-electron chi connectivity index (χ1n) is 8.42. The smallest absolute Gasteiger partial charge is 0.251 e. The second-order valence-electron chi connectivity index (χ2n) is 6.43. The van der Waals surface area contributed by atoms with E-state index in [1.165, 1.54) is 0 Å². The molecule has 2 aromatic rings. The van der Waals surface area contributed by atoms with Crippen molar-refractivity contribution in [1.82, 2.24) is 15.0 Å². The molecule has 1 aromatic heterocycles. The monoisotopic (exact) mass is 329 g/mol. The van der Waals surface area contributed by atoms with Crippen LogP contribution in [0.15, 0.2) is 34.9 Å². The number of carbonyl (C=O) groups excluding carboxylic acids is 1. The van der Waals surface area contributed by atoms with Crippen LogP contribution in [0.25, 0.3) is 0 Å². The summed E-state index contributed by atoms with van der Waals surface area (Å²) in [6, 6.07) is 9.60. The van der Waals surface area contributed by atoms with Gasteiger partial charge in [-0.2, -0.15) is 4.98 Å². The number of rotatable bonds is 5. The van der Waals surface area contributed by atoms with Crippen molar-refractivity contribution in [3.8, 4) is 0 Å². The van der Waals surface area contributed by atoms with Crippen molar-refractivity contribution in [3.05, 3.63) is 47.6 Å². The molecular weight excluding hydrogens is 306 g/mol. The maximum atomic E-state index is 12.5. The lowest BCUT2D eigenvalue weighted by Gasteiger charge is -2.33. The summed E-state index contributed by atoms with van der Waals surface area (Å²) in [5.41, 5.74) is 0.967. The van der Waals surface area contributed by atoms with E-state index in [1.807, 2.05) is 30.3 Å². The zero-order chi connectivity index (χ0) is 16.9. The van der Waals surface area contributed by atoms with Crippen molar-refractivity contribution in [2.45, 2.75) is 38.7 Å². The van der Waals surface area contributed by atoms with Crippen LogP contribution in [0.4, 0.5) is 0 Å². The molecule has 1 fully saturated rings. The summed E-state index contributed by atoms with van der Waals surface area (Å²) in [6.07, 6.45) is 2.04. The van der Waals surface area contributed by atoms with Gasteiger partial charge in [0, 0.05) is 32.9 Å². The van der Waals surface area contributed by atoms with Gasteiger partial charge in [0.05, 0.1) is 0 Å². The molecule has 128 valence electrons. The number of aryl methyl sites for hydroxylation is 1. The Kier molecular flexibility index (Phi) is 5.25. The minimum atomic E-state index is -0.987. The minimum Gasteiger partial charge on any atom is -0.383 e. The fourth-order valence-corrected chi connectivity index (χ4v) is 3.25. The van der Waals surface area contributed by atoms with Crippen LogP contribution < -0.4 is 0 Å². The molecule has 6 nitrogen and oxygen atoms in total. The van der Waals surface area contributed by atoms with Gasteiger partial charge in [0.15, 0.2) is 5.82 Å².